The van der Waals surface area contributed by atoms with Crippen LogP contribution < -0.4 is 14.4 Å². The zero-order valence-corrected chi connectivity index (χ0v) is 13.7. The molecule has 1 aliphatic heterocycles. The lowest BCUT2D eigenvalue weighted by Gasteiger charge is -2.35. The van der Waals surface area contributed by atoms with E-state index in [2.05, 4.69) is 0 Å². The summed E-state index contributed by atoms with van der Waals surface area (Å²) in [6.07, 6.45) is -0.961. The molecular weight excluding hydrogens is 331 g/mol. The molecule has 0 bridgehead atoms. The van der Waals surface area contributed by atoms with Gasteiger partial charge in [0.1, 0.15) is 23.3 Å². The van der Waals surface area contributed by atoms with Crippen LogP contribution in [0.3, 0.4) is 0 Å². The molecule has 8 heteroatoms. The van der Waals surface area contributed by atoms with Crippen LogP contribution in [0, 0.1) is 15.9 Å². The molecule has 1 N–H and O–H groups in total. The fourth-order valence-corrected chi connectivity index (χ4v) is 3.20. The second kappa shape index (κ2) is 6.56. The first-order valence-electron chi connectivity index (χ1n) is 7.57. The molecule has 132 valence electrons. The molecule has 0 unspecified atom stereocenters. The van der Waals surface area contributed by atoms with Crippen molar-refractivity contribution in [1.82, 2.24) is 0 Å². The highest BCUT2D eigenvalue weighted by Gasteiger charge is 2.33. The number of ether oxygens (including phenoxy) is 2. The highest BCUT2D eigenvalue weighted by Crippen LogP contribution is 2.42. The molecule has 0 aromatic heterocycles. The van der Waals surface area contributed by atoms with Gasteiger partial charge in [-0.05, 0) is 24.3 Å². The number of para-hydroxylation sites is 1. The van der Waals surface area contributed by atoms with Gasteiger partial charge in [-0.3, -0.25) is 10.1 Å². The molecule has 0 amide bonds. The van der Waals surface area contributed by atoms with E-state index in [9.17, 15) is 19.6 Å². The van der Waals surface area contributed by atoms with Crippen LogP contribution in [0.2, 0.25) is 0 Å². The molecule has 1 aliphatic rings. The van der Waals surface area contributed by atoms with Crippen molar-refractivity contribution < 1.29 is 23.9 Å². The average Bonchev–Trinajstić information content (AvgIpc) is 2.60. The molecule has 3 rings (SSSR count). The third kappa shape index (κ3) is 2.85. The molecule has 1 heterocycles. The minimum Gasteiger partial charge on any atom is -0.496 e. The summed E-state index contributed by atoms with van der Waals surface area (Å²) in [4.78, 5) is 12.1. The molecule has 2 aromatic rings. The van der Waals surface area contributed by atoms with Gasteiger partial charge in [0.2, 0.25) is 5.82 Å². The van der Waals surface area contributed by atoms with Crippen molar-refractivity contribution in [2.75, 3.05) is 25.7 Å². The minimum atomic E-state index is -0.961. The van der Waals surface area contributed by atoms with E-state index in [0.717, 1.165) is 6.07 Å². The number of methoxy groups -OCH3 is 2. The maximum Gasteiger partial charge on any atom is 0.327 e. The first kappa shape index (κ1) is 17.0. The van der Waals surface area contributed by atoms with Crippen molar-refractivity contribution in [2.45, 2.75) is 12.6 Å². The lowest BCUT2D eigenvalue weighted by molar-refractivity contribution is -0.386. The Morgan fingerprint density at radius 1 is 1.24 bits per heavy atom. The van der Waals surface area contributed by atoms with Crippen molar-refractivity contribution >= 4 is 11.4 Å². The summed E-state index contributed by atoms with van der Waals surface area (Å²) in [5.41, 5.74) is 0.732. The zero-order chi connectivity index (χ0) is 18.1. The lowest BCUT2D eigenvalue weighted by atomic mass is 9.94. The number of fused-ring (bicyclic) bond motifs is 1. The number of halogens is 1. The van der Waals surface area contributed by atoms with Crippen LogP contribution in [0.25, 0.3) is 0 Å². The number of hydrogen-bond donors (Lipinski definition) is 1. The summed E-state index contributed by atoms with van der Waals surface area (Å²) in [6.45, 7) is 0.290. The van der Waals surface area contributed by atoms with Gasteiger partial charge in [0.15, 0.2) is 0 Å². The van der Waals surface area contributed by atoms with Gasteiger partial charge in [-0.15, -0.1) is 0 Å². The Labute approximate surface area is 143 Å². The van der Waals surface area contributed by atoms with E-state index in [4.69, 9.17) is 9.47 Å². The van der Waals surface area contributed by atoms with Crippen molar-refractivity contribution in [3.63, 3.8) is 0 Å². The number of nitro benzene ring substituents is 1. The fraction of sp³-hybridized carbons (Fsp3) is 0.294. The maximum absolute atomic E-state index is 13.9. The number of aliphatic hydroxyl groups is 1. The number of hydrogen-bond acceptors (Lipinski definition) is 6. The monoisotopic (exact) mass is 348 g/mol. The van der Waals surface area contributed by atoms with E-state index in [1.54, 1.807) is 17.0 Å². The molecule has 25 heavy (non-hydrogen) atoms. The van der Waals surface area contributed by atoms with Gasteiger partial charge in [-0.1, -0.05) is 6.07 Å². The van der Waals surface area contributed by atoms with E-state index < -0.39 is 22.5 Å². The van der Waals surface area contributed by atoms with Crippen LogP contribution in [0.5, 0.6) is 11.5 Å². The Morgan fingerprint density at radius 3 is 2.56 bits per heavy atom. The largest absolute Gasteiger partial charge is 0.496 e. The zero-order valence-electron chi connectivity index (χ0n) is 13.7. The number of β-amino-alcohol motifs (C(OH)–C–C–N with tert-alkyl or cyclic N) is 1. The molecule has 0 saturated carbocycles. The summed E-state index contributed by atoms with van der Waals surface area (Å²) in [6, 6.07) is 7.31. The lowest BCUT2D eigenvalue weighted by Crippen LogP contribution is -2.34. The topological polar surface area (TPSA) is 85.1 Å². The second-order valence-electron chi connectivity index (χ2n) is 5.62. The van der Waals surface area contributed by atoms with E-state index in [0.29, 0.717) is 22.6 Å². The predicted octanol–water partition coefficient (Wildman–Crippen LogP) is 2.80. The Kier molecular flexibility index (Phi) is 4.45. The van der Waals surface area contributed by atoms with E-state index >= 15 is 0 Å². The third-order valence-electron chi connectivity index (χ3n) is 4.28. The van der Waals surface area contributed by atoms with Crippen molar-refractivity contribution in [1.29, 1.82) is 0 Å². The van der Waals surface area contributed by atoms with Crippen LogP contribution in [0.1, 0.15) is 17.2 Å². The summed E-state index contributed by atoms with van der Waals surface area (Å²) in [7, 11) is 3.00. The van der Waals surface area contributed by atoms with Crippen molar-refractivity contribution in [2.24, 2.45) is 0 Å². The van der Waals surface area contributed by atoms with Crippen LogP contribution in [-0.4, -0.2) is 30.8 Å². The van der Waals surface area contributed by atoms with E-state index in [-0.39, 0.29) is 18.8 Å². The molecular formula is C17H17FN2O5. The standard InChI is InChI=1S/C17H17FN2O5/c1-24-14-6-7-15(25-2)16-10(14)8-19(9-13(16)21)12-5-3-4-11(18)17(12)20(22)23/h3-7,13,21H,8-9H2,1-2H3/t13-/m1/s1. The molecule has 0 saturated heterocycles. The van der Waals surface area contributed by atoms with Crippen molar-refractivity contribution in [3.8, 4) is 11.5 Å². The number of nitrogens with zero attached hydrogens (tertiary/aromatic N) is 2. The molecule has 0 fully saturated rings. The summed E-state index contributed by atoms with van der Waals surface area (Å²) in [5.74, 6) is 0.121. The van der Waals surface area contributed by atoms with Gasteiger partial charge >= 0.3 is 5.69 Å². The maximum atomic E-state index is 13.9. The van der Waals surface area contributed by atoms with Crippen LogP contribution in [0.4, 0.5) is 15.8 Å². The second-order valence-corrected chi connectivity index (χ2v) is 5.62. The smallest absolute Gasteiger partial charge is 0.327 e. The molecule has 0 radical (unpaired) electrons. The quantitative estimate of drug-likeness (QED) is 0.675. The number of anilines is 1. The average molecular weight is 348 g/mol. The third-order valence-corrected chi connectivity index (χ3v) is 4.28. The van der Waals surface area contributed by atoms with E-state index in [1.165, 1.54) is 26.4 Å². The summed E-state index contributed by atoms with van der Waals surface area (Å²) in [5, 5.41) is 21.9. The predicted molar refractivity (Wildman–Crippen MR) is 88.6 cm³/mol. The molecule has 0 aliphatic carbocycles. The van der Waals surface area contributed by atoms with Gasteiger partial charge in [0.05, 0.1) is 19.1 Å². The molecule has 1 atom stereocenters. The highest BCUT2D eigenvalue weighted by atomic mass is 19.1. The highest BCUT2D eigenvalue weighted by molar-refractivity contribution is 5.66. The number of nitro groups is 1. The normalized spacial score (nSPS) is 16.3. The Bertz CT molecular complexity index is 827. The Hall–Kier alpha value is -2.87. The van der Waals surface area contributed by atoms with Gasteiger partial charge in [0.25, 0.3) is 0 Å². The fourth-order valence-electron chi connectivity index (χ4n) is 3.20. The summed E-state index contributed by atoms with van der Waals surface area (Å²) < 4.78 is 24.6. The first-order chi connectivity index (χ1) is 12.0. The number of rotatable bonds is 4. The first-order valence-corrected chi connectivity index (χ1v) is 7.57. The molecule has 7 nitrogen and oxygen atoms in total. The van der Waals surface area contributed by atoms with Crippen molar-refractivity contribution in [3.05, 3.63) is 57.4 Å². The van der Waals surface area contributed by atoms with Crippen LogP contribution in [0.15, 0.2) is 30.3 Å². The Morgan fingerprint density at radius 2 is 1.92 bits per heavy atom. The van der Waals surface area contributed by atoms with E-state index in [1.807, 2.05) is 0 Å². The van der Waals surface area contributed by atoms with Gasteiger partial charge in [0, 0.05) is 24.2 Å². The minimum absolute atomic E-state index is 0.0703. The van der Waals surface area contributed by atoms with Crippen LogP contribution >= 0.6 is 0 Å². The number of aliphatic hydroxyl groups excluding tert-OH is 1. The molecule has 2 aromatic carbocycles. The van der Waals surface area contributed by atoms with Gasteiger partial charge in [-0.2, -0.15) is 4.39 Å². The Balaban J connectivity index is 2.11. The number of benzene rings is 2. The van der Waals surface area contributed by atoms with Gasteiger partial charge in [-0.25, -0.2) is 0 Å². The van der Waals surface area contributed by atoms with Gasteiger partial charge < -0.3 is 19.5 Å². The molecule has 0 spiro atoms. The summed E-state index contributed by atoms with van der Waals surface area (Å²) >= 11 is 0. The van der Waals surface area contributed by atoms with Crippen LogP contribution in [-0.2, 0) is 6.54 Å². The SMILES string of the molecule is COc1ccc(OC)c2c1CN(c1cccc(F)c1[N+](=O)[O-])C[C@H]2O.